The van der Waals surface area contributed by atoms with Gasteiger partial charge in [-0.25, -0.2) is 4.39 Å². The molecule has 1 N–H and O–H groups in total. The zero-order valence-corrected chi connectivity index (χ0v) is 11.4. The molecule has 104 valence electrons. The van der Waals surface area contributed by atoms with Crippen molar-refractivity contribution in [3.8, 4) is 5.75 Å². The van der Waals surface area contributed by atoms with Crippen LogP contribution in [0.4, 0.5) is 4.39 Å². The minimum Gasteiger partial charge on any atom is -0.493 e. The molecule has 2 nitrogen and oxygen atoms in total. The number of benzene rings is 2. The first-order valence-corrected chi connectivity index (χ1v) is 6.85. The van der Waals surface area contributed by atoms with Gasteiger partial charge in [-0.1, -0.05) is 24.3 Å². The summed E-state index contributed by atoms with van der Waals surface area (Å²) in [6.45, 7) is 2.48. The SMILES string of the molecule is Cc1cc(F)ccc1C(O)c1cccc2c1OCCC2. The van der Waals surface area contributed by atoms with Crippen molar-refractivity contribution in [1.29, 1.82) is 0 Å². The van der Waals surface area contributed by atoms with Crippen LogP contribution in [0.1, 0.15) is 34.8 Å². The van der Waals surface area contributed by atoms with Crippen molar-refractivity contribution in [3.63, 3.8) is 0 Å². The molecule has 0 amide bonds. The smallest absolute Gasteiger partial charge is 0.128 e. The summed E-state index contributed by atoms with van der Waals surface area (Å²) in [6, 6.07) is 10.3. The summed E-state index contributed by atoms with van der Waals surface area (Å²) >= 11 is 0. The molecule has 0 radical (unpaired) electrons. The summed E-state index contributed by atoms with van der Waals surface area (Å²) in [5, 5.41) is 10.6. The highest BCUT2D eigenvalue weighted by atomic mass is 19.1. The second kappa shape index (κ2) is 5.25. The zero-order valence-electron chi connectivity index (χ0n) is 11.4. The van der Waals surface area contributed by atoms with Gasteiger partial charge in [0.05, 0.1) is 6.61 Å². The Bertz CT molecular complexity index is 637. The first kappa shape index (κ1) is 13.1. The summed E-state index contributed by atoms with van der Waals surface area (Å²) in [7, 11) is 0. The molecule has 1 aliphatic rings. The molecule has 0 aliphatic carbocycles. The van der Waals surface area contributed by atoms with Crippen molar-refractivity contribution in [2.45, 2.75) is 25.9 Å². The molecule has 2 aromatic rings. The molecular formula is C17H17FO2. The van der Waals surface area contributed by atoms with Crippen molar-refractivity contribution < 1.29 is 14.2 Å². The lowest BCUT2D eigenvalue weighted by atomic mass is 9.93. The molecular weight excluding hydrogens is 255 g/mol. The van der Waals surface area contributed by atoms with Gasteiger partial charge in [-0.15, -0.1) is 0 Å². The molecule has 0 fully saturated rings. The van der Waals surface area contributed by atoms with E-state index in [1.54, 1.807) is 13.0 Å². The van der Waals surface area contributed by atoms with E-state index in [0.29, 0.717) is 12.2 Å². The molecule has 0 bridgehead atoms. The van der Waals surface area contributed by atoms with Crippen LogP contribution in [0.5, 0.6) is 5.75 Å². The summed E-state index contributed by atoms with van der Waals surface area (Å²) in [5.41, 5.74) is 3.35. The van der Waals surface area contributed by atoms with Gasteiger partial charge in [0.2, 0.25) is 0 Å². The second-order valence-electron chi connectivity index (χ2n) is 5.19. The van der Waals surface area contributed by atoms with Crippen LogP contribution in [-0.2, 0) is 6.42 Å². The first-order valence-electron chi connectivity index (χ1n) is 6.85. The van der Waals surface area contributed by atoms with E-state index in [-0.39, 0.29) is 5.82 Å². The summed E-state index contributed by atoms with van der Waals surface area (Å²) in [5.74, 6) is 0.500. The molecule has 1 heterocycles. The number of rotatable bonds is 2. The van der Waals surface area contributed by atoms with E-state index in [1.165, 1.54) is 12.1 Å². The van der Waals surface area contributed by atoms with E-state index in [0.717, 1.165) is 35.3 Å². The third kappa shape index (κ3) is 2.29. The maximum atomic E-state index is 13.2. The summed E-state index contributed by atoms with van der Waals surface area (Å²) in [6.07, 6.45) is 1.18. The zero-order chi connectivity index (χ0) is 14.1. The van der Waals surface area contributed by atoms with Crippen molar-refractivity contribution >= 4 is 0 Å². The fourth-order valence-corrected chi connectivity index (χ4v) is 2.74. The molecule has 3 heteroatoms. The predicted molar refractivity (Wildman–Crippen MR) is 75.5 cm³/mol. The third-order valence-corrected chi connectivity index (χ3v) is 3.78. The first-order chi connectivity index (χ1) is 9.66. The normalized spacial score (nSPS) is 15.3. The highest BCUT2D eigenvalue weighted by molar-refractivity contribution is 5.48. The van der Waals surface area contributed by atoms with Gasteiger partial charge in [0.25, 0.3) is 0 Å². The lowest BCUT2D eigenvalue weighted by molar-refractivity contribution is 0.206. The number of aliphatic hydroxyl groups excluding tert-OH is 1. The second-order valence-corrected chi connectivity index (χ2v) is 5.19. The van der Waals surface area contributed by atoms with E-state index in [4.69, 9.17) is 4.74 Å². The van der Waals surface area contributed by atoms with Crippen LogP contribution in [0, 0.1) is 12.7 Å². The maximum Gasteiger partial charge on any atom is 0.128 e. The number of fused-ring (bicyclic) bond motifs is 1. The fourth-order valence-electron chi connectivity index (χ4n) is 2.74. The number of aryl methyl sites for hydroxylation is 2. The topological polar surface area (TPSA) is 29.5 Å². The third-order valence-electron chi connectivity index (χ3n) is 3.78. The van der Waals surface area contributed by atoms with E-state index in [9.17, 15) is 9.50 Å². The van der Waals surface area contributed by atoms with Crippen LogP contribution in [0.2, 0.25) is 0 Å². The monoisotopic (exact) mass is 272 g/mol. The Morgan fingerprint density at radius 2 is 2.05 bits per heavy atom. The van der Waals surface area contributed by atoms with E-state index in [1.807, 2.05) is 18.2 Å². The van der Waals surface area contributed by atoms with Gasteiger partial charge in [-0.3, -0.25) is 0 Å². The Morgan fingerprint density at radius 3 is 2.85 bits per heavy atom. The highest BCUT2D eigenvalue weighted by Crippen LogP contribution is 2.36. The minimum atomic E-state index is -0.788. The minimum absolute atomic E-state index is 0.287. The Kier molecular flexibility index (Phi) is 3.45. The number of ether oxygens (including phenoxy) is 1. The lowest BCUT2D eigenvalue weighted by Crippen LogP contribution is -2.13. The Balaban J connectivity index is 2.04. The number of hydrogen-bond donors (Lipinski definition) is 1. The lowest BCUT2D eigenvalue weighted by Gasteiger charge is -2.23. The van der Waals surface area contributed by atoms with E-state index in [2.05, 4.69) is 0 Å². The highest BCUT2D eigenvalue weighted by Gasteiger charge is 2.21. The molecule has 2 aromatic carbocycles. The molecule has 1 atom stereocenters. The summed E-state index contributed by atoms with van der Waals surface area (Å²) < 4.78 is 18.9. The van der Waals surface area contributed by atoms with E-state index < -0.39 is 6.10 Å². The molecule has 0 saturated carbocycles. The van der Waals surface area contributed by atoms with Crippen LogP contribution in [0.3, 0.4) is 0 Å². The number of halogens is 1. The van der Waals surface area contributed by atoms with Gasteiger partial charge in [-0.05, 0) is 48.6 Å². The molecule has 3 rings (SSSR count). The van der Waals surface area contributed by atoms with Gasteiger partial charge >= 0.3 is 0 Å². The largest absolute Gasteiger partial charge is 0.493 e. The van der Waals surface area contributed by atoms with Crippen LogP contribution < -0.4 is 4.74 Å². The Labute approximate surface area is 117 Å². The van der Waals surface area contributed by atoms with Crippen molar-refractivity contribution in [2.75, 3.05) is 6.61 Å². The number of aliphatic hydroxyl groups is 1. The van der Waals surface area contributed by atoms with Crippen LogP contribution in [-0.4, -0.2) is 11.7 Å². The van der Waals surface area contributed by atoms with Gasteiger partial charge in [0.1, 0.15) is 17.7 Å². The predicted octanol–water partition coefficient (Wildman–Crippen LogP) is 3.54. The Morgan fingerprint density at radius 1 is 1.20 bits per heavy atom. The van der Waals surface area contributed by atoms with Gasteiger partial charge < -0.3 is 9.84 Å². The molecule has 0 saturated heterocycles. The number of hydrogen-bond acceptors (Lipinski definition) is 2. The average Bonchev–Trinajstić information content (AvgIpc) is 2.46. The van der Waals surface area contributed by atoms with Crippen molar-refractivity contribution in [2.24, 2.45) is 0 Å². The Hall–Kier alpha value is -1.87. The van der Waals surface area contributed by atoms with Crippen molar-refractivity contribution in [3.05, 3.63) is 64.5 Å². The van der Waals surface area contributed by atoms with Crippen LogP contribution in [0.25, 0.3) is 0 Å². The van der Waals surface area contributed by atoms with Crippen LogP contribution in [0.15, 0.2) is 36.4 Å². The number of para-hydroxylation sites is 1. The molecule has 0 spiro atoms. The van der Waals surface area contributed by atoms with Crippen molar-refractivity contribution in [1.82, 2.24) is 0 Å². The van der Waals surface area contributed by atoms with Crippen LogP contribution >= 0.6 is 0 Å². The molecule has 1 unspecified atom stereocenters. The van der Waals surface area contributed by atoms with Gasteiger partial charge in [0.15, 0.2) is 0 Å². The molecule has 1 aliphatic heterocycles. The molecule has 0 aromatic heterocycles. The van der Waals surface area contributed by atoms with Gasteiger partial charge in [0, 0.05) is 5.56 Å². The standard InChI is InChI=1S/C17H17FO2/c1-11-10-13(18)7-8-14(11)16(19)15-6-2-4-12-5-3-9-20-17(12)15/h2,4,6-8,10,16,19H,3,5,9H2,1H3. The maximum absolute atomic E-state index is 13.2. The summed E-state index contributed by atoms with van der Waals surface area (Å²) in [4.78, 5) is 0. The van der Waals surface area contributed by atoms with Gasteiger partial charge in [-0.2, -0.15) is 0 Å². The molecule has 20 heavy (non-hydrogen) atoms. The average molecular weight is 272 g/mol. The fraction of sp³-hybridized carbons (Fsp3) is 0.294. The quantitative estimate of drug-likeness (QED) is 0.906. The van der Waals surface area contributed by atoms with E-state index >= 15 is 0 Å².